The predicted octanol–water partition coefficient (Wildman–Crippen LogP) is 1.02. The van der Waals surface area contributed by atoms with Gasteiger partial charge >= 0.3 is 0 Å². The lowest BCUT2D eigenvalue weighted by Crippen LogP contribution is -2.12. The number of amides is 1. The minimum atomic E-state index is -0.255. The monoisotopic (exact) mass is 255 g/mol. The van der Waals surface area contributed by atoms with E-state index in [0.717, 1.165) is 5.56 Å². The number of nitrogens with one attached hydrogen (secondary N) is 1. The van der Waals surface area contributed by atoms with Crippen LogP contribution in [-0.4, -0.2) is 27.2 Å². The van der Waals surface area contributed by atoms with Gasteiger partial charge in [0.05, 0.1) is 6.33 Å². The molecule has 1 heterocycles. The third-order valence-corrected chi connectivity index (χ3v) is 2.39. The van der Waals surface area contributed by atoms with Crippen molar-refractivity contribution in [3.8, 4) is 11.8 Å². The van der Waals surface area contributed by atoms with E-state index >= 15 is 0 Å². The second-order valence-electron chi connectivity index (χ2n) is 3.92. The van der Waals surface area contributed by atoms with Crippen molar-refractivity contribution in [3.63, 3.8) is 0 Å². The fourth-order valence-electron chi connectivity index (χ4n) is 1.50. The molecule has 5 heteroatoms. The van der Waals surface area contributed by atoms with Crippen LogP contribution < -0.4 is 5.32 Å². The van der Waals surface area contributed by atoms with Gasteiger partial charge in [-0.3, -0.25) is 4.79 Å². The van der Waals surface area contributed by atoms with E-state index in [9.17, 15) is 4.79 Å². The summed E-state index contributed by atoms with van der Waals surface area (Å²) in [6.45, 7) is -0.168. The Balaban J connectivity index is 2.05. The van der Waals surface area contributed by atoms with Crippen LogP contribution >= 0.6 is 0 Å². The van der Waals surface area contributed by atoms with Crippen LogP contribution in [0.25, 0.3) is 0 Å². The van der Waals surface area contributed by atoms with Crippen LogP contribution in [0.4, 0.5) is 5.69 Å². The quantitative estimate of drug-likeness (QED) is 0.787. The average Bonchev–Trinajstić information content (AvgIpc) is 2.85. The first kappa shape index (κ1) is 12.9. The number of rotatable bonds is 2. The number of aliphatic hydroxyl groups excluding tert-OH is 1. The van der Waals surface area contributed by atoms with Gasteiger partial charge in [0.25, 0.3) is 5.91 Å². The highest BCUT2D eigenvalue weighted by molar-refractivity contribution is 6.02. The van der Waals surface area contributed by atoms with E-state index in [-0.39, 0.29) is 12.5 Å². The molecule has 1 amide bonds. The number of aryl methyl sites for hydroxylation is 1. The molecule has 0 radical (unpaired) electrons. The SMILES string of the molecule is Cn1cnc(C(=O)Nc2ccc(C#CCO)cc2)c1. The lowest BCUT2D eigenvalue weighted by Gasteiger charge is -2.02. The van der Waals surface area contributed by atoms with Gasteiger partial charge in [0.1, 0.15) is 12.3 Å². The molecule has 0 saturated heterocycles. The maximum absolute atomic E-state index is 11.8. The number of aromatic nitrogens is 2. The van der Waals surface area contributed by atoms with E-state index in [0.29, 0.717) is 11.4 Å². The maximum atomic E-state index is 11.8. The molecule has 1 aromatic heterocycles. The number of aliphatic hydroxyl groups is 1. The van der Waals surface area contributed by atoms with Gasteiger partial charge in [0.2, 0.25) is 0 Å². The van der Waals surface area contributed by atoms with E-state index in [2.05, 4.69) is 22.1 Å². The zero-order valence-corrected chi connectivity index (χ0v) is 10.4. The zero-order chi connectivity index (χ0) is 13.7. The van der Waals surface area contributed by atoms with Crippen molar-refractivity contribution in [2.75, 3.05) is 11.9 Å². The van der Waals surface area contributed by atoms with Gasteiger partial charge in [-0.05, 0) is 24.3 Å². The minimum absolute atomic E-state index is 0.168. The van der Waals surface area contributed by atoms with Gasteiger partial charge in [-0.15, -0.1) is 0 Å². The van der Waals surface area contributed by atoms with Gasteiger partial charge in [0, 0.05) is 24.5 Å². The molecule has 1 aromatic carbocycles. The standard InChI is InChI=1S/C14H13N3O2/c1-17-9-13(15-10-17)14(19)16-12-6-4-11(5-7-12)3-2-8-18/h4-7,9-10,18H,8H2,1H3,(H,16,19). The molecule has 19 heavy (non-hydrogen) atoms. The molecule has 0 spiro atoms. The lowest BCUT2D eigenvalue weighted by molar-refractivity contribution is 0.102. The molecule has 5 nitrogen and oxygen atoms in total. The second-order valence-corrected chi connectivity index (χ2v) is 3.92. The molecule has 0 aliphatic heterocycles. The summed E-state index contributed by atoms with van der Waals surface area (Å²) in [4.78, 5) is 15.8. The van der Waals surface area contributed by atoms with E-state index < -0.39 is 0 Å². The van der Waals surface area contributed by atoms with E-state index in [1.807, 2.05) is 0 Å². The molecular formula is C14H13N3O2. The van der Waals surface area contributed by atoms with Crippen LogP contribution in [0.15, 0.2) is 36.8 Å². The number of benzene rings is 1. The van der Waals surface area contributed by atoms with Crippen LogP contribution in [0, 0.1) is 11.8 Å². The topological polar surface area (TPSA) is 67.2 Å². The Morgan fingerprint density at radius 3 is 2.74 bits per heavy atom. The lowest BCUT2D eigenvalue weighted by atomic mass is 10.2. The van der Waals surface area contributed by atoms with Gasteiger partial charge in [0.15, 0.2) is 0 Å². The van der Waals surface area contributed by atoms with Crippen LogP contribution in [-0.2, 0) is 7.05 Å². The van der Waals surface area contributed by atoms with E-state index in [4.69, 9.17) is 5.11 Å². The highest BCUT2D eigenvalue weighted by Crippen LogP contribution is 2.10. The molecule has 0 aliphatic rings. The molecule has 2 aromatic rings. The Hall–Kier alpha value is -2.58. The summed E-state index contributed by atoms with van der Waals surface area (Å²) in [6.07, 6.45) is 3.22. The molecule has 0 unspecified atom stereocenters. The van der Waals surface area contributed by atoms with Crippen LogP contribution in [0.3, 0.4) is 0 Å². The summed E-state index contributed by atoms with van der Waals surface area (Å²) < 4.78 is 1.71. The normalized spacial score (nSPS) is 9.58. The van der Waals surface area contributed by atoms with Crippen molar-refractivity contribution in [1.29, 1.82) is 0 Å². The zero-order valence-electron chi connectivity index (χ0n) is 10.4. The van der Waals surface area contributed by atoms with E-state index in [1.165, 1.54) is 0 Å². The molecule has 2 N–H and O–H groups in total. The molecule has 96 valence electrons. The summed E-state index contributed by atoms with van der Waals surface area (Å²) in [6, 6.07) is 7.05. The number of hydrogen-bond acceptors (Lipinski definition) is 3. The molecule has 0 bridgehead atoms. The Labute approximate surface area is 110 Å². The first-order valence-corrected chi connectivity index (χ1v) is 5.68. The van der Waals surface area contributed by atoms with Crippen molar-refractivity contribution in [2.24, 2.45) is 7.05 Å². The molecule has 0 saturated carbocycles. The smallest absolute Gasteiger partial charge is 0.275 e. The molecule has 0 aliphatic carbocycles. The highest BCUT2D eigenvalue weighted by Gasteiger charge is 2.08. The molecular weight excluding hydrogens is 242 g/mol. The van der Waals surface area contributed by atoms with Crippen molar-refractivity contribution in [1.82, 2.24) is 9.55 Å². The largest absolute Gasteiger partial charge is 0.384 e. The van der Waals surface area contributed by atoms with Crippen molar-refractivity contribution < 1.29 is 9.90 Å². The number of hydrogen-bond donors (Lipinski definition) is 2. The number of carbonyl (C=O) groups is 1. The van der Waals surface area contributed by atoms with Crippen LogP contribution in [0.5, 0.6) is 0 Å². The van der Waals surface area contributed by atoms with Gasteiger partial charge in [-0.1, -0.05) is 11.8 Å². The summed E-state index contributed by atoms with van der Waals surface area (Å²) in [5.74, 6) is 5.09. The van der Waals surface area contributed by atoms with Crippen LogP contribution in [0.2, 0.25) is 0 Å². The minimum Gasteiger partial charge on any atom is -0.384 e. The Bertz CT molecular complexity index is 633. The number of imidazole rings is 1. The Morgan fingerprint density at radius 1 is 1.42 bits per heavy atom. The number of carbonyl (C=O) groups excluding carboxylic acids is 1. The van der Waals surface area contributed by atoms with Crippen molar-refractivity contribution >= 4 is 11.6 Å². The summed E-state index contributed by atoms with van der Waals surface area (Å²) >= 11 is 0. The summed E-state index contributed by atoms with van der Waals surface area (Å²) in [7, 11) is 1.80. The van der Waals surface area contributed by atoms with Crippen molar-refractivity contribution in [2.45, 2.75) is 0 Å². The van der Waals surface area contributed by atoms with Crippen LogP contribution in [0.1, 0.15) is 16.1 Å². The third kappa shape index (κ3) is 3.44. The molecule has 0 fully saturated rings. The van der Waals surface area contributed by atoms with E-state index in [1.54, 1.807) is 48.4 Å². The van der Waals surface area contributed by atoms with Gasteiger partial charge in [-0.2, -0.15) is 0 Å². The molecule has 2 rings (SSSR count). The van der Waals surface area contributed by atoms with Gasteiger partial charge in [-0.25, -0.2) is 4.98 Å². The van der Waals surface area contributed by atoms with Crippen molar-refractivity contribution in [3.05, 3.63) is 48.0 Å². The first-order valence-electron chi connectivity index (χ1n) is 5.68. The second kappa shape index (κ2) is 5.85. The first-order chi connectivity index (χ1) is 9.19. The predicted molar refractivity (Wildman–Crippen MR) is 71.6 cm³/mol. The number of nitrogens with zero attached hydrogens (tertiary/aromatic N) is 2. The average molecular weight is 255 g/mol. The number of anilines is 1. The highest BCUT2D eigenvalue weighted by atomic mass is 16.2. The maximum Gasteiger partial charge on any atom is 0.275 e. The summed E-state index contributed by atoms with van der Waals surface area (Å²) in [5.41, 5.74) is 1.82. The van der Waals surface area contributed by atoms with Gasteiger partial charge < -0.3 is 15.0 Å². The Morgan fingerprint density at radius 2 is 2.16 bits per heavy atom. The summed E-state index contributed by atoms with van der Waals surface area (Å²) in [5, 5.41) is 11.3. The fourth-order valence-corrected chi connectivity index (χ4v) is 1.50. The fraction of sp³-hybridized carbons (Fsp3) is 0.143. The molecule has 0 atom stereocenters. The third-order valence-electron chi connectivity index (χ3n) is 2.39. The Kier molecular flexibility index (Phi) is 3.96.